The van der Waals surface area contributed by atoms with E-state index in [1.165, 1.54) is 24.3 Å². The summed E-state index contributed by atoms with van der Waals surface area (Å²) in [7, 11) is 0. The Kier molecular flexibility index (Phi) is 6.27. The third-order valence-corrected chi connectivity index (χ3v) is 3.91. The van der Waals surface area contributed by atoms with Crippen molar-refractivity contribution in [3.05, 3.63) is 29.8 Å². The Bertz CT molecular complexity index is 601. The molecular weight excluding hydrogens is 339 g/mol. The van der Waals surface area contributed by atoms with Gasteiger partial charge >= 0.3 is 12.3 Å². The van der Waals surface area contributed by atoms with Crippen molar-refractivity contribution in [3.8, 4) is 5.75 Å². The maximum atomic E-state index is 12.4. The van der Waals surface area contributed by atoms with E-state index in [0.29, 0.717) is 38.1 Å². The van der Waals surface area contributed by atoms with Crippen molar-refractivity contribution < 1.29 is 32.2 Å². The number of piperidine rings is 1. The van der Waals surface area contributed by atoms with Gasteiger partial charge in [-0.15, -0.1) is 13.2 Å². The predicted octanol–water partition coefficient (Wildman–Crippen LogP) is 2.93. The van der Waals surface area contributed by atoms with Gasteiger partial charge in [-0.3, -0.25) is 9.59 Å². The fourth-order valence-corrected chi connectivity index (χ4v) is 2.75. The molecule has 0 radical (unpaired) electrons. The smallest absolute Gasteiger partial charge is 0.466 e. The van der Waals surface area contributed by atoms with E-state index < -0.39 is 6.36 Å². The van der Waals surface area contributed by atoms with Gasteiger partial charge in [-0.2, -0.15) is 0 Å². The van der Waals surface area contributed by atoms with Crippen LogP contribution in [-0.4, -0.2) is 42.8 Å². The van der Waals surface area contributed by atoms with Crippen molar-refractivity contribution in [1.29, 1.82) is 0 Å². The molecule has 0 aromatic heterocycles. The molecule has 0 spiro atoms. The molecule has 0 saturated carbocycles. The number of likely N-dealkylation sites (tertiary alicyclic amines) is 1. The van der Waals surface area contributed by atoms with Gasteiger partial charge in [-0.05, 0) is 37.5 Å². The standard InChI is InChI=1S/C17H20F3NO4/c1-2-24-16(23)13-4-3-9-21(11-13)15(22)10-12-5-7-14(8-6-12)25-17(18,19)20/h5-8,13H,2-4,9-11H2,1H3. The van der Waals surface area contributed by atoms with Gasteiger partial charge in [0.2, 0.25) is 5.91 Å². The van der Waals surface area contributed by atoms with Crippen LogP contribution in [0.2, 0.25) is 0 Å². The lowest BCUT2D eigenvalue weighted by Gasteiger charge is -2.31. The molecule has 138 valence electrons. The van der Waals surface area contributed by atoms with Crippen molar-refractivity contribution >= 4 is 11.9 Å². The Morgan fingerprint density at radius 1 is 1.24 bits per heavy atom. The SMILES string of the molecule is CCOC(=O)C1CCCN(C(=O)Cc2ccc(OC(F)(F)F)cc2)C1. The number of alkyl halides is 3. The molecule has 1 unspecified atom stereocenters. The van der Waals surface area contributed by atoms with Gasteiger partial charge < -0.3 is 14.4 Å². The number of nitrogens with zero attached hydrogens (tertiary/aromatic N) is 1. The van der Waals surface area contributed by atoms with Gasteiger partial charge in [-0.25, -0.2) is 0 Å². The van der Waals surface area contributed by atoms with E-state index in [1.807, 2.05) is 0 Å². The Labute approximate surface area is 143 Å². The summed E-state index contributed by atoms with van der Waals surface area (Å²) < 4.78 is 45.2. The number of ether oxygens (including phenoxy) is 2. The number of amides is 1. The first-order valence-corrected chi connectivity index (χ1v) is 8.07. The number of halogens is 3. The summed E-state index contributed by atoms with van der Waals surface area (Å²) in [5.41, 5.74) is 0.581. The summed E-state index contributed by atoms with van der Waals surface area (Å²) in [5, 5.41) is 0. The summed E-state index contributed by atoms with van der Waals surface area (Å²) in [6.45, 7) is 2.91. The number of carbonyl (C=O) groups is 2. The maximum absolute atomic E-state index is 12.4. The molecule has 1 saturated heterocycles. The average molecular weight is 359 g/mol. The number of rotatable bonds is 5. The zero-order valence-electron chi connectivity index (χ0n) is 13.8. The van der Waals surface area contributed by atoms with Gasteiger partial charge in [-0.1, -0.05) is 12.1 Å². The van der Waals surface area contributed by atoms with Gasteiger partial charge in [0.1, 0.15) is 5.75 Å². The Morgan fingerprint density at radius 2 is 1.92 bits per heavy atom. The fraction of sp³-hybridized carbons (Fsp3) is 0.529. The molecule has 1 amide bonds. The summed E-state index contributed by atoms with van der Waals surface area (Å²) in [4.78, 5) is 25.8. The Balaban J connectivity index is 1.91. The van der Waals surface area contributed by atoms with E-state index in [2.05, 4.69) is 4.74 Å². The highest BCUT2D eigenvalue weighted by Crippen LogP contribution is 2.23. The highest BCUT2D eigenvalue weighted by Gasteiger charge is 2.31. The predicted molar refractivity (Wildman–Crippen MR) is 82.8 cm³/mol. The highest BCUT2D eigenvalue weighted by molar-refractivity contribution is 5.80. The molecule has 8 heteroatoms. The maximum Gasteiger partial charge on any atom is 0.573 e. The van der Waals surface area contributed by atoms with Crippen LogP contribution in [0.15, 0.2) is 24.3 Å². The first kappa shape index (κ1) is 19.1. The third kappa shape index (κ3) is 5.95. The summed E-state index contributed by atoms with van der Waals surface area (Å²) in [6.07, 6.45) is -3.28. The molecule has 25 heavy (non-hydrogen) atoms. The zero-order valence-corrected chi connectivity index (χ0v) is 13.8. The second-order valence-corrected chi connectivity index (χ2v) is 5.80. The molecule has 1 atom stereocenters. The highest BCUT2D eigenvalue weighted by atomic mass is 19.4. The second-order valence-electron chi connectivity index (χ2n) is 5.80. The van der Waals surface area contributed by atoms with E-state index in [9.17, 15) is 22.8 Å². The largest absolute Gasteiger partial charge is 0.573 e. The van der Waals surface area contributed by atoms with Gasteiger partial charge in [0.05, 0.1) is 18.9 Å². The normalized spacial score (nSPS) is 17.9. The molecule has 1 aromatic rings. The van der Waals surface area contributed by atoms with Gasteiger partial charge in [0.15, 0.2) is 0 Å². The molecule has 2 rings (SSSR count). The third-order valence-electron chi connectivity index (χ3n) is 3.91. The quantitative estimate of drug-likeness (QED) is 0.759. The van der Waals surface area contributed by atoms with Crippen LogP contribution in [0.1, 0.15) is 25.3 Å². The molecule has 0 aliphatic carbocycles. The van der Waals surface area contributed by atoms with Crippen LogP contribution in [0.5, 0.6) is 5.75 Å². The van der Waals surface area contributed by atoms with Crippen LogP contribution in [0.3, 0.4) is 0 Å². The monoisotopic (exact) mass is 359 g/mol. The van der Waals surface area contributed by atoms with Crippen molar-refractivity contribution in [2.24, 2.45) is 5.92 Å². The minimum atomic E-state index is -4.74. The van der Waals surface area contributed by atoms with E-state index >= 15 is 0 Å². The number of benzene rings is 1. The molecule has 1 aromatic carbocycles. The van der Waals surface area contributed by atoms with Crippen molar-refractivity contribution in [3.63, 3.8) is 0 Å². The minimum absolute atomic E-state index is 0.0574. The molecule has 5 nitrogen and oxygen atoms in total. The molecule has 0 N–H and O–H groups in total. The first-order chi connectivity index (χ1) is 11.8. The summed E-state index contributed by atoms with van der Waals surface area (Å²) in [6, 6.07) is 5.19. The van der Waals surface area contributed by atoms with E-state index in [1.54, 1.807) is 11.8 Å². The molecular formula is C17H20F3NO4. The molecule has 1 heterocycles. The van der Waals surface area contributed by atoms with E-state index in [-0.39, 0.29) is 30.0 Å². The Morgan fingerprint density at radius 3 is 2.52 bits per heavy atom. The molecule has 1 fully saturated rings. The van der Waals surface area contributed by atoms with E-state index in [0.717, 1.165) is 0 Å². The van der Waals surface area contributed by atoms with E-state index in [4.69, 9.17) is 4.74 Å². The minimum Gasteiger partial charge on any atom is -0.466 e. The topological polar surface area (TPSA) is 55.8 Å². The zero-order chi connectivity index (χ0) is 18.4. The molecule has 1 aliphatic rings. The number of esters is 1. The van der Waals surface area contributed by atoms with Gasteiger partial charge in [0.25, 0.3) is 0 Å². The molecule has 1 aliphatic heterocycles. The van der Waals surface area contributed by atoms with Crippen LogP contribution >= 0.6 is 0 Å². The average Bonchev–Trinajstić information content (AvgIpc) is 2.55. The number of hydrogen-bond acceptors (Lipinski definition) is 4. The van der Waals surface area contributed by atoms with Crippen molar-refractivity contribution in [2.45, 2.75) is 32.5 Å². The second kappa shape index (κ2) is 8.22. The van der Waals surface area contributed by atoms with Crippen molar-refractivity contribution in [2.75, 3.05) is 19.7 Å². The Hall–Kier alpha value is -2.25. The van der Waals surface area contributed by atoms with Crippen LogP contribution in [-0.2, 0) is 20.7 Å². The lowest BCUT2D eigenvalue weighted by atomic mass is 9.97. The summed E-state index contributed by atoms with van der Waals surface area (Å²) >= 11 is 0. The lowest BCUT2D eigenvalue weighted by Crippen LogP contribution is -2.43. The van der Waals surface area contributed by atoms with Crippen LogP contribution in [0, 0.1) is 5.92 Å². The van der Waals surface area contributed by atoms with Crippen LogP contribution < -0.4 is 4.74 Å². The lowest BCUT2D eigenvalue weighted by molar-refractivity contribution is -0.274. The summed E-state index contributed by atoms with van der Waals surface area (Å²) in [5.74, 6) is -1.11. The van der Waals surface area contributed by atoms with Crippen LogP contribution in [0.25, 0.3) is 0 Å². The molecule has 0 bridgehead atoms. The van der Waals surface area contributed by atoms with Crippen LogP contribution in [0.4, 0.5) is 13.2 Å². The van der Waals surface area contributed by atoms with Gasteiger partial charge in [0, 0.05) is 13.1 Å². The number of carbonyl (C=O) groups excluding carboxylic acids is 2. The number of hydrogen-bond donors (Lipinski definition) is 0. The fourth-order valence-electron chi connectivity index (χ4n) is 2.75. The first-order valence-electron chi connectivity index (χ1n) is 8.07. The van der Waals surface area contributed by atoms with Crippen molar-refractivity contribution in [1.82, 2.24) is 4.90 Å².